The van der Waals surface area contributed by atoms with E-state index in [9.17, 15) is 4.79 Å². The molecule has 4 nitrogen and oxygen atoms in total. The minimum absolute atomic E-state index is 0. The summed E-state index contributed by atoms with van der Waals surface area (Å²) in [5, 5.41) is 0. The topological polar surface area (TPSA) is 55.6 Å². The third-order valence-corrected chi connectivity index (χ3v) is 5.65. The molecule has 132 valence electrons. The van der Waals surface area contributed by atoms with Crippen LogP contribution in [0, 0.1) is 5.92 Å². The van der Waals surface area contributed by atoms with E-state index in [2.05, 4.69) is 12.1 Å². The van der Waals surface area contributed by atoms with Gasteiger partial charge in [0.1, 0.15) is 6.10 Å². The molecule has 24 heavy (non-hydrogen) atoms. The van der Waals surface area contributed by atoms with Gasteiger partial charge in [0.2, 0.25) is 5.91 Å². The zero-order valence-corrected chi connectivity index (χ0v) is 14.8. The second-order valence-corrected chi connectivity index (χ2v) is 7.48. The summed E-state index contributed by atoms with van der Waals surface area (Å²) in [7, 11) is 0. The van der Waals surface area contributed by atoms with Crippen LogP contribution in [0.15, 0.2) is 30.3 Å². The van der Waals surface area contributed by atoms with Gasteiger partial charge in [0.15, 0.2) is 0 Å². The maximum atomic E-state index is 13.0. The summed E-state index contributed by atoms with van der Waals surface area (Å²) >= 11 is 0. The lowest BCUT2D eigenvalue weighted by atomic mass is 9.95. The van der Waals surface area contributed by atoms with Crippen LogP contribution in [0.4, 0.5) is 0 Å². The third kappa shape index (κ3) is 3.46. The molecule has 2 atom stereocenters. The Morgan fingerprint density at radius 3 is 2.42 bits per heavy atom. The second-order valence-electron chi connectivity index (χ2n) is 7.48. The van der Waals surface area contributed by atoms with Gasteiger partial charge in [0, 0.05) is 6.54 Å². The molecule has 1 aliphatic heterocycles. The number of carbonyl (C=O) groups is 1. The first-order valence-electron chi connectivity index (χ1n) is 8.94. The second kappa shape index (κ2) is 7.03. The van der Waals surface area contributed by atoms with Gasteiger partial charge >= 0.3 is 0 Å². The van der Waals surface area contributed by atoms with E-state index in [0.29, 0.717) is 19.0 Å². The number of hydrogen-bond donors (Lipinski definition) is 1. The molecule has 3 fully saturated rings. The number of hydrogen-bond acceptors (Lipinski definition) is 3. The predicted octanol–water partition coefficient (Wildman–Crippen LogP) is 3.06. The van der Waals surface area contributed by atoms with Gasteiger partial charge < -0.3 is 15.4 Å². The van der Waals surface area contributed by atoms with Gasteiger partial charge in [-0.3, -0.25) is 4.79 Å². The standard InChI is InChI=1S/C19H26N2O2.ClH/c20-19(10-4-5-11-19)18(22)21-12-16(14-6-2-1-3-7-14)23-17(13-21)15-8-9-15;/h1-3,6-7,15-17H,4-5,8-13,20H2;1H/t16-,17+;/m0./s1. The Bertz CT molecular complexity index is 570. The average molecular weight is 351 g/mol. The molecule has 2 saturated carbocycles. The Labute approximate surface area is 150 Å². The molecule has 4 rings (SSSR count). The number of amides is 1. The average Bonchev–Trinajstić information content (AvgIpc) is 3.36. The minimum atomic E-state index is -0.632. The molecule has 2 N–H and O–H groups in total. The van der Waals surface area contributed by atoms with Gasteiger partial charge in [-0.25, -0.2) is 0 Å². The molecule has 1 heterocycles. The molecular weight excluding hydrogens is 324 g/mol. The van der Waals surface area contributed by atoms with Crippen molar-refractivity contribution in [3.63, 3.8) is 0 Å². The van der Waals surface area contributed by atoms with Crippen molar-refractivity contribution in [3.8, 4) is 0 Å². The van der Waals surface area contributed by atoms with Crippen molar-refractivity contribution in [2.45, 2.75) is 56.3 Å². The molecular formula is C19H27ClN2O2. The highest BCUT2D eigenvalue weighted by atomic mass is 35.5. The van der Waals surface area contributed by atoms with Crippen molar-refractivity contribution in [1.82, 2.24) is 4.90 Å². The lowest BCUT2D eigenvalue weighted by Crippen LogP contribution is -2.58. The smallest absolute Gasteiger partial charge is 0.242 e. The van der Waals surface area contributed by atoms with Crippen molar-refractivity contribution >= 4 is 18.3 Å². The van der Waals surface area contributed by atoms with Crippen molar-refractivity contribution in [1.29, 1.82) is 0 Å². The van der Waals surface area contributed by atoms with E-state index < -0.39 is 5.54 Å². The van der Waals surface area contributed by atoms with Crippen LogP contribution in [0.2, 0.25) is 0 Å². The van der Waals surface area contributed by atoms with Crippen molar-refractivity contribution < 1.29 is 9.53 Å². The number of benzene rings is 1. The minimum Gasteiger partial charge on any atom is -0.366 e. The van der Waals surface area contributed by atoms with Gasteiger partial charge in [-0.2, -0.15) is 0 Å². The van der Waals surface area contributed by atoms with Crippen molar-refractivity contribution in [3.05, 3.63) is 35.9 Å². The van der Waals surface area contributed by atoms with Crippen LogP contribution < -0.4 is 5.73 Å². The van der Waals surface area contributed by atoms with Crippen LogP contribution in [0.3, 0.4) is 0 Å². The Morgan fingerprint density at radius 1 is 1.12 bits per heavy atom. The van der Waals surface area contributed by atoms with E-state index in [1.54, 1.807) is 0 Å². The number of ether oxygens (including phenoxy) is 1. The van der Waals surface area contributed by atoms with Crippen LogP contribution >= 0.6 is 12.4 Å². The van der Waals surface area contributed by atoms with Crippen molar-refractivity contribution in [2.75, 3.05) is 13.1 Å². The third-order valence-electron chi connectivity index (χ3n) is 5.65. The fraction of sp³-hybridized carbons (Fsp3) is 0.632. The number of rotatable bonds is 3. The molecule has 2 aliphatic carbocycles. The Balaban J connectivity index is 0.00000169. The van der Waals surface area contributed by atoms with Crippen LogP contribution in [0.25, 0.3) is 0 Å². The van der Waals surface area contributed by atoms with Crippen LogP contribution in [0.1, 0.15) is 50.2 Å². The van der Waals surface area contributed by atoms with Gasteiger partial charge in [-0.05, 0) is 37.2 Å². The van der Waals surface area contributed by atoms with E-state index in [1.165, 1.54) is 12.8 Å². The Kier molecular flexibility index (Phi) is 5.19. The fourth-order valence-electron chi connectivity index (χ4n) is 4.07. The van der Waals surface area contributed by atoms with E-state index in [-0.39, 0.29) is 30.5 Å². The number of nitrogens with two attached hydrogens (primary N) is 1. The summed E-state index contributed by atoms with van der Waals surface area (Å²) in [5.41, 5.74) is 6.95. The molecule has 3 aliphatic rings. The van der Waals surface area contributed by atoms with Gasteiger partial charge in [-0.1, -0.05) is 43.2 Å². The summed E-state index contributed by atoms with van der Waals surface area (Å²) in [6.07, 6.45) is 6.39. The Morgan fingerprint density at radius 2 is 1.79 bits per heavy atom. The molecule has 1 aromatic carbocycles. The van der Waals surface area contributed by atoms with Gasteiger partial charge in [0.05, 0.1) is 18.2 Å². The summed E-state index contributed by atoms with van der Waals surface area (Å²) in [4.78, 5) is 15.0. The molecule has 0 spiro atoms. The first kappa shape index (κ1) is 17.7. The zero-order chi connectivity index (χ0) is 15.9. The Hall–Kier alpha value is -1.10. The molecule has 0 aromatic heterocycles. The maximum absolute atomic E-state index is 13.0. The molecule has 1 aromatic rings. The molecule has 0 bridgehead atoms. The number of halogens is 1. The van der Waals surface area contributed by atoms with Crippen LogP contribution in [0.5, 0.6) is 0 Å². The molecule has 1 saturated heterocycles. The zero-order valence-electron chi connectivity index (χ0n) is 14.0. The van der Waals surface area contributed by atoms with Crippen LogP contribution in [-0.2, 0) is 9.53 Å². The highest BCUT2D eigenvalue weighted by molar-refractivity contribution is 5.86. The summed E-state index contributed by atoms with van der Waals surface area (Å²) in [5.74, 6) is 0.763. The number of carbonyl (C=O) groups excluding carboxylic acids is 1. The van der Waals surface area contributed by atoms with Gasteiger partial charge in [0.25, 0.3) is 0 Å². The van der Waals surface area contributed by atoms with E-state index in [1.807, 2.05) is 23.1 Å². The molecule has 0 unspecified atom stereocenters. The summed E-state index contributed by atoms with van der Waals surface area (Å²) in [6.45, 7) is 1.34. The first-order chi connectivity index (χ1) is 11.2. The number of morpholine rings is 1. The molecule has 5 heteroatoms. The largest absolute Gasteiger partial charge is 0.366 e. The van der Waals surface area contributed by atoms with Crippen LogP contribution in [-0.4, -0.2) is 35.5 Å². The highest BCUT2D eigenvalue weighted by Gasteiger charge is 2.45. The van der Waals surface area contributed by atoms with E-state index in [4.69, 9.17) is 10.5 Å². The maximum Gasteiger partial charge on any atom is 0.242 e. The predicted molar refractivity (Wildman–Crippen MR) is 96.0 cm³/mol. The lowest BCUT2D eigenvalue weighted by Gasteiger charge is -2.41. The molecule has 1 amide bonds. The quantitative estimate of drug-likeness (QED) is 0.911. The first-order valence-corrected chi connectivity index (χ1v) is 8.94. The monoisotopic (exact) mass is 350 g/mol. The fourth-order valence-corrected chi connectivity index (χ4v) is 4.07. The van der Waals surface area contributed by atoms with Crippen molar-refractivity contribution in [2.24, 2.45) is 11.7 Å². The van der Waals surface area contributed by atoms with E-state index in [0.717, 1.165) is 31.2 Å². The normalized spacial score (nSPS) is 29.1. The number of nitrogens with zero attached hydrogens (tertiary/aromatic N) is 1. The SMILES string of the molecule is Cl.NC1(C(=O)N2C[C@@H](c3ccccc3)O[C@@H](C3CC3)C2)CCCC1. The van der Waals surface area contributed by atoms with E-state index >= 15 is 0 Å². The van der Waals surface area contributed by atoms with Gasteiger partial charge in [-0.15, -0.1) is 12.4 Å². The molecule has 0 radical (unpaired) electrons. The lowest BCUT2D eigenvalue weighted by molar-refractivity contribution is -0.153. The summed E-state index contributed by atoms with van der Waals surface area (Å²) in [6, 6.07) is 10.3. The summed E-state index contributed by atoms with van der Waals surface area (Å²) < 4.78 is 6.34. The highest BCUT2D eigenvalue weighted by Crippen LogP contribution is 2.40.